The van der Waals surface area contributed by atoms with Crippen LogP contribution in [-0.2, 0) is 9.84 Å². The van der Waals surface area contributed by atoms with Crippen molar-refractivity contribution in [1.29, 1.82) is 0 Å². The van der Waals surface area contributed by atoms with Gasteiger partial charge in [0.2, 0.25) is 9.84 Å². The number of rotatable bonds is 6. The fraction of sp³-hybridized carbons (Fsp3) is 0.400. The molecule has 0 aliphatic carbocycles. The smallest absolute Gasteiger partial charge is 0.204 e. The van der Waals surface area contributed by atoms with Gasteiger partial charge in [0.1, 0.15) is 0 Å². The second-order valence-electron chi connectivity index (χ2n) is 11.4. The Kier molecular flexibility index (Phi) is 6.76. The lowest BCUT2D eigenvalue weighted by molar-refractivity contribution is 0.251. The minimum Gasteiger partial charge on any atom is -0.376 e. The molecule has 0 amide bonds. The quantitative estimate of drug-likeness (QED) is 0.433. The summed E-state index contributed by atoms with van der Waals surface area (Å²) in [5.74, 6) is 0.473. The summed E-state index contributed by atoms with van der Waals surface area (Å²) in [4.78, 5) is 5.13. The number of benzene rings is 2. The van der Waals surface area contributed by atoms with Gasteiger partial charge >= 0.3 is 0 Å². The van der Waals surface area contributed by atoms with E-state index in [1.807, 2.05) is 56.4 Å². The van der Waals surface area contributed by atoms with Gasteiger partial charge in [-0.1, -0.05) is 78.0 Å². The minimum absolute atomic E-state index is 0.231. The van der Waals surface area contributed by atoms with Crippen molar-refractivity contribution in [3.05, 3.63) is 89.7 Å². The second kappa shape index (κ2) is 9.34. The fourth-order valence-corrected chi connectivity index (χ4v) is 6.78. The van der Waals surface area contributed by atoms with Crippen molar-refractivity contribution in [3.8, 4) is 0 Å². The number of nitrogens with zero attached hydrogens (tertiary/aromatic N) is 2. The van der Waals surface area contributed by atoms with E-state index < -0.39 is 15.3 Å². The molecule has 0 aromatic heterocycles. The topological polar surface area (TPSA) is 40.6 Å². The zero-order valence-corrected chi connectivity index (χ0v) is 22.6. The molecule has 4 nitrogen and oxygen atoms in total. The molecule has 2 aromatic rings. The van der Waals surface area contributed by atoms with Crippen molar-refractivity contribution < 1.29 is 8.42 Å². The molecule has 186 valence electrons. The molecule has 2 aromatic carbocycles. The maximum absolute atomic E-state index is 14.0. The van der Waals surface area contributed by atoms with Gasteiger partial charge in [-0.05, 0) is 47.7 Å². The zero-order chi connectivity index (χ0) is 25.4. The van der Waals surface area contributed by atoms with Gasteiger partial charge in [-0.25, -0.2) is 8.42 Å². The molecule has 4 rings (SSSR count). The lowest BCUT2D eigenvalue weighted by Gasteiger charge is -2.38. The molecule has 0 unspecified atom stereocenters. The van der Waals surface area contributed by atoms with Crippen LogP contribution in [0.2, 0.25) is 0 Å². The Bertz CT molecular complexity index is 1270. The summed E-state index contributed by atoms with van der Waals surface area (Å²) < 4.78 is 28.0. The van der Waals surface area contributed by atoms with E-state index in [1.54, 1.807) is 6.07 Å². The number of hydrogen-bond acceptors (Lipinski definition) is 4. The fourth-order valence-electron chi connectivity index (χ4n) is 4.87. The van der Waals surface area contributed by atoms with E-state index in [4.69, 9.17) is 0 Å². The molecule has 0 spiro atoms. The summed E-state index contributed by atoms with van der Waals surface area (Å²) in [6.07, 6.45) is 9.09. The van der Waals surface area contributed by atoms with E-state index in [9.17, 15) is 8.42 Å². The Morgan fingerprint density at radius 2 is 1.66 bits per heavy atom. The van der Waals surface area contributed by atoms with Crippen molar-refractivity contribution in [2.24, 2.45) is 16.7 Å². The van der Waals surface area contributed by atoms with Crippen LogP contribution in [-0.4, -0.2) is 26.4 Å². The molecule has 5 heteroatoms. The highest BCUT2D eigenvalue weighted by Crippen LogP contribution is 2.43. The predicted octanol–water partition coefficient (Wildman–Crippen LogP) is 7.09. The Labute approximate surface area is 211 Å². The van der Waals surface area contributed by atoms with Crippen LogP contribution in [0, 0.1) is 16.7 Å². The van der Waals surface area contributed by atoms with E-state index in [2.05, 4.69) is 68.1 Å². The highest BCUT2D eigenvalue weighted by Gasteiger charge is 2.38. The Hall–Kier alpha value is -2.79. The number of para-hydroxylation sites is 1. The van der Waals surface area contributed by atoms with Crippen LogP contribution in [0.25, 0.3) is 5.57 Å². The highest BCUT2D eigenvalue weighted by atomic mass is 32.2. The monoisotopic (exact) mass is 490 g/mol. The van der Waals surface area contributed by atoms with Gasteiger partial charge in [-0.3, -0.25) is 0 Å². The number of hydrogen-bond donors (Lipinski definition) is 0. The van der Waals surface area contributed by atoms with Gasteiger partial charge in [-0.2, -0.15) is 0 Å². The Morgan fingerprint density at radius 3 is 2.34 bits per heavy atom. The van der Waals surface area contributed by atoms with Crippen molar-refractivity contribution in [3.63, 3.8) is 0 Å². The third-order valence-electron chi connectivity index (χ3n) is 7.00. The van der Waals surface area contributed by atoms with Gasteiger partial charge in [0.15, 0.2) is 0 Å². The molecule has 0 saturated carbocycles. The summed E-state index contributed by atoms with van der Waals surface area (Å²) in [5.41, 5.74) is 2.44. The molecule has 0 atom stereocenters. The van der Waals surface area contributed by atoms with Gasteiger partial charge < -0.3 is 9.80 Å². The molecule has 2 aliphatic rings. The molecule has 0 bridgehead atoms. The average molecular weight is 491 g/mol. The van der Waals surface area contributed by atoms with Crippen LogP contribution in [0.3, 0.4) is 0 Å². The van der Waals surface area contributed by atoms with Crippen LogP contribution >= 0.6 is 0 Å². The first-order valence-electron chi connectivity index (χ1n) is 12.5. The lowest BCUT2D eigenvalue weighted by atomic mass is 9.79. The third kappa shape index (κ3) is 5.25. The van der Waals surface area contributed by atoms with E-state index >= 15 is 0 Å². The molecule has 0 fully saturated rings. The molecule has 0 radical (unpaired) electrons. The van der Waals surface area contributed by atoms with Crippen molar-refractivity contribution in [1.82, 2.24) is 4.90 Å². The Morgan fingerprint density at radius 1 is 0.943 bits per heavy atom. The molecule has 2 aliphatic heterocycles. The van der Waals surface area contributed by atoms with E-state index in [-0.39, 0.29) is 5.41 Å². The van der Waals surface area contributed by atoms with Gasteiger partial charge in [-0.15, -0.1) is 0 Å². The van der Waals surface area contributed by atoms with Crippen molar-refractivity contribution in [2.45, 2.75) is 52.9 Å². The number of sulfone groups is 1. The van der Waals surface area contributed by atoms with Crippen LogP contribution in [0.4, 0.5) is 5.69 Å². The summed E-state index contributed by atoms with van der Waals surface area (Å²) >= 11 is 0. The first-order valence-corrected chi connectivity index (χ1v) is 14.0. The molecule has 35 heavy (non-hydrogen) atoms. The van der Waals surface area contributed by atoms with Crippen LogP contribution in [0.1, 0.15) is 53.5 Å². The molecule has 0 saturated heterocycles. The van der Waals surface area contributed by atoms with Crippen LogP contribution < -0.4 is 4.90 Å². The second-order valence-corrected chi connectivity index (χ2v) is 13.3. The molecule has 0 N–H and O–H groups in total. The molecular formula is C30H38N2O2S. The van der Waals surface area contributed by atoms with E-state index in [0.717, 1.165) is 36.3 Å². The molecular weight excluding hydrogens is 452 g/mol. The maximum Gasteiger partial charge on any atom is 0.204 e. The standard InChI is InChI=1S/C30H38N2O2S/c1-23(2)20-31-17-15-30(5,6)28(22-31)35(33,34)26-14-10-11-24(19-26)27-21-32(18-16-29(27,3)4)25-12-8-7-9-13-25/h7-14,16,18-19,21-23H,15,17,20H2,1-6H3. The first kappa shape index (κ1) is 25.3. The summed E-state index contributed by atoms with van der Waals surface area (Å²) in [7, 11) is -3.64. The van der Waals surface area contributed by atoms with Gasteiger partial charge in [0.05, 0.1) is 9.80 Å². The average Bonchev–Trinajstić information content (AvgIpc) is 2.80. The Balaban J connectivity index is 1.75. The molecule has 2 heterocycles. The van der Waals surface area contributed by atoms with Gasteiger partial charge in [0, 0.05) is 48.2 Å². The first-order chi connectivity index (χ1) is 16.4. The number of allylic oxidation sites excluding steroid dienone is 3. The largest absolute Gasteiger partial charge is 0.376 e. The summed E-state index contributed by atoms with van der Waals surface area (Å²) in [5, 5.41) is 0. The maximum atomic E-state index is 14.0. The third-order valence-corrected chi connectivity index (χ3v) is 9.12. The van der Waals surface area contributed by atoms with Crippen molar-refractivity contribution >= 4 is 21.1 Å². The summed E-state index contributed by atoms with van der Waals surface area (Å²) in [6.45, 7) is 14.5. The minimum atomic E-state index is -3.64. The number of anilines is 1. The lowest BCUT2D eigenvalue weighted by Crippen LogP contribution is -2.36. The zero-order valence-electron chi connectivity index (χ0n) is 21.8. The van der Waals surface area contributed by atoms with E-state index in [0.29, 0.717) is 15.7 Å². The van der Waals surface area contributed by atoms with Crippen LogP contribution in [0.15, 0.2) is 89.1 Å². The van der Waals surface area contributed by atoms with Gasteiger partial charge in [0.25, 0.3) is 0 Å². The van der Waals surface area contributed by atoms with E-state index in [1.165, 1.54) is 0 Å². The van der Waals surface area contributed by atoms with Crippen LogP contribution in [0.5, 0.6) is 0 Å². The predicted molar refractivity (Wildman–Crippen MR) is 146 cm³/mol. The van der Waals surface area contributed by atoms with Crippen molar-refractivity contribution in [2.75, 3.05) is 18.0 Å². The normalized spacial score (nSPS) is 19.5. The SMILES string of the molecule is CC(C)CN1C=C(S(=O)(=O)c2cccc(C3=CN(c4ccccc4)C=CC3(C)C)c2)C(C)(C)CC1. The summed E-state index contributed by atoms with van der Waals surface area (Å²) in [6, 6.07) is 17.6. The highest BCUT2D eigenvalue weighted by molar-refractivity contribution is 7.95.